The third-order valence-corrected chi connectivity index (χ3v) is 6.32. The molecule has 1 fully saturated rings. The zero-order valence-corrected chi connectivity index (χ0v) is 16.3. The molecular weight excluding hydrogens is 348 g/mol. The normalized spacial score (nSPS) is 18.1. The van der Waals surface area contributed by atoms with Crippen LogP contribution in [0, 0.1) is 0 Å². The van der Waals surface area contributed by atoms with E-state index < -0.39 is 10.0 Å². The van der Waals surface area contributed by atoms with Crippen molar-refractivity contribution in [2.75, 3.05) is 39.8 Å². The van der Waals surface area contributed by atoms with Gasteiger partial charge in [0, 0.05) is 51.7 Å². The molecule has 26 heavy (non-hydrogen) atoms. The Hall–Kier alpha value is -1.67. The average Bonchev–Trinajstić information content (AvgIpc) is 3.03. The smallest absolute Gasteiger partial charge is 0.215 e. The highest BCUT2D eigenvalue weighted by Crippen LogP contribution is 2.22. The minimum Gasteiger partial charge on any atom is -0.353 e. The van der Waals surface area contributed by atoms with Crippen LogP contribution in [0.15, 0.2) is 48.7 Å². The fraction of sp³-hybridized carbons (Fsp3) is 0.474. The molecule has 1 aliphatic rings. The number of aromatic nitrogens is 1. The van der Waals surface area contributed by atoms with Crippen LogP contribution in [0.4, 0.5) is 0 Å². The van der Waals surface area contributed by atoms with Crippen molar-refractivity contribution < 1.29 is 8.42 Å². The summed E-state index contributed by atoms with van der Waals surface area (Å²) in [5, 5.41) is 0. The van der Waals surface area contributed by atoms with Gasteiger partial charge in [0.1, 0.15) is 0 Å². The van der Waals surface area contributed by atoms with Crippen molar-refractivity contribution in [2.45, 2.75) is 11.8 Å². The Morgan fingerprint density at radius 2 is 1.69 bits per heavy atom. The van der Waals surface area contributed by atoms with Gasteiger partial charge in [0.05, 0.1) is 11.8 Å². The van der Waals surface area contributed by atoms with Crippen LogP contribution in [0.3, 0.4) is 0 Å². The summed E-state index contributed by atoms with van der Waals surface area (Å²) in [7, 11) is 0.754. The number of nitrogens with zero attached hydrogens (tertiary/aromatic N) is 3. The van der Waals surface area contributed by atoms with Crippen LogP contribution in [0.1, 0.15) is 17.3 Å². The summed E-state index contributed by atoms with van der Waals surface area (Å²) >= 11 is 0. The maximum Gasteiger partial charge on any atom is 0.215 e. The van der Waals surface area contributed by atoms with E-state index in [1.165, 1.54) is 0 Å². The molecule has 0 spiro atoms. The second kappa shape index (κ2) is 8.35. The lowest BCUT2D eigenvalue weighted by atomic mass is 10.1. The van der Waals surface area contributed by atoms with E-state index in [0.29, 0.717) is 6.54 Å². The van der Waals surface area contributed by atoms with Crippen molar-refractivity contribution in [1.29, 1.82) is 0 Å². The van der Waals surface area contributed by atoms with Crippen molar-refractivity contribution >= 4 is 10.0 Å². The number of benzene rings is 1. The van der Waals surface area contributed by atoms with Crippen molar-refractivity contribution in [3.8, 4) is 0 Å². The number of likely N-dealkylation sites (N-methyl/N-ethyl adjacent to an activating group) is 1. The van der Waals surface area contributed by atoms with E-state index in [-0.39, 0.29) is 11.8 Å². The van der Waals surface area contributed by atoms with E-state index in [1.807, 2.05) is 49.6 Å². The van der Waals surface area contributed by atoms with Gasteiger partial charge in [-0.1, -0.05) is 30.3 Å². The molecule has 2 aromatic rings. The third kappa shape index (κ3) is 4.94. The van der Waals surface area contributed by atoms with Gasteiger partial charge >= 0.3 is 0 Å². The first-order valence-electron chi connectivity index (χ1n) is 9.00. The Labute approximate surface area is 156 Å². The summed E-state index contributed by atoms with van der Waals surface area (Å²) in [5.74, 6) is 0.0104. The SMILES string of the molecule is CN1CCN(C(CNS(=O)(=O)Cc2ccccc2)c2cccn2C)CC1. The molecule has 2 heterocycles. The van der Waals surface area contributed by atoms with Crippen LogP contribution in [-0.4, -0.2) is 62.6 Å². The second-order valence-electron chi connectivity index (χ2n) is 6.99. The van der Waals surface area contributed by atoms with Crippen LogP contribution < -0.4 is 4.72 Å². The highest BCUT2D eigenvalue weighted by atomic mass is 32.2. The number of aryl methyl sites for hydroxylation is 1. The number of nitrogens with one attached hydrogen (secondary N) is 1. The monoisotopic (exact) mass is 376 g/mol. The summed E-state index contributed by atoms with van der Waals surface area (Å²) < 4.78 is 30.0. The Bertz CT molecular complexity index is 796. The quantitative estimate of drug-likeness (QED) is 0.794. The average molecular weight is 377 g/mol. The predicted molar refractivity (Wildman–Crippen MR) is 104 cm³/mol. The van der Waals surface area contributed by atoms with Gasteiger partial charge in [0.2, 0.25) is 10.0 Å². The zero-order chi connectivity index (χ0) is 18.6. The van der Waals surface area contributed by atoms with E-state index in [9.17, 15) is 8.42 Å². The van der Waals surface area contributed by atoms with E-state index in [4.69, 9.17) is 0 Å². The van der Waals surface area contributed by atoms with Gasteiger partial charge < -0.3 is 9.47 Å². The van der Waals surface area contributed by atoms with Crippen LogP contribution >= 0.6 is 0 Å². The van der Waals surface area contributed by atoms with Gasteiger partial charge in [-0.3, -0.25) is 4.90 Å². The van der Waals surface area contributed by atoms with Crippen LogP contribution in [0.2, 0.25) is 0 Å². The molecule has 6 nitrogen and oxygen atoms in total. The fourth-order valence-corrected chi connectivity index (χ4v) is 4.57. The molecule has 0 bridgehead atoms. The van der Waals surface area contributed by atoms with E-state index in [2.05, 4.69) is 32.2 Å². The Morgan fingerprint density at radius 1 is 1.00 bits per heavy atom. The van der Waals surface area contributed by atoms with Gasteiger partial charge in [-0.15, -0.1) is 0 Å². The molecule has 0 aliphatic carbocycles. The molecule has 0 radical (unpaired) electrons. The summed E-state index contributed by atoms with van der Waals surface area (Å²) in [6, 6.07) is 13.4. The number of sulfonamides is 1. The largest absolute Gasteiger partial charge is 0.353 e. The molecule has 3 rings (SSSR count). The third-order valence-electron chi connectivity index (χ3n) is 5.00. The molecule has 1 aliphatic heterocycles. The summed E-state index contributed by atoms with van der Waals surface area (Å²) in [6.07, 6.45) is 2.01. The standard InChI is InChI=1S/C19H28N4O2S/c1-21-11-13-23(14-12-21)19(18-9-6-10-22(18)2)15-20-26(24,25)16-17-7-4-3-5-8-17/h3-10,19-20H,11-16H2,1-2H3. The van der Waals surface area contributed by atoms with E-state index in [0.717, 1.165) is 37.4 Å². The lowest BCUT2D eigenvalue weighted by Crippen LogP contribution is -2.49. The highest BCUT2D eigenvalue weighted by molar-refractivity contribution is 7.88. The zero-order valence-electron chi connectivity index (χ0n) is 15.5. The minimum atomic E-state index is -3.38. The molecule has 1 saturated heterocycles. The molecule has 1 aromatic heterocycles. The van der Waals surface area contributed by atoms with Crippen LogP contribution in [-0.2, 0) is 22.8 Å². The van der Waals surface area contributed by atoms with Crippen molar-refractivity contribution in [3.05, 3.63) is 59.9 Å². The molecule has 7 heteroatoms. The van der Waals surface area contributed by atoms with Gasteiger partial charge in [0.25, 0.3) is 0 Å². The number of hydrogen-bond acceptors (Lipinski definition) is 4. The highest BCUT2D eigenvalue weighted by Gasteiger charge is 2.27. The molecule has 1 aromatic carbocycles. The summed E-state index contributed by atoms with van der Waals surface area (Å²) in [6.45, 7) is 4.26. The molecule has 1 atom stereocenters. The van der Waals surface area contributed by atoms with Gasteiger partial charge in [-0.25, -0.2) is 13.1 Å². The lowest BCUT2D eigenvalue weighted by Gasteiger charge is -2.38. The Balaban J connectivity index is 1.70. The number of rotatable bonds is 7. The fourth-order valence-electron chi connectivity index (χ4n) is 3.43. The molecule has 1 unspecified atom stereocenters. The van der Waals surface area contributed by atoms with Gasteiger partial charge in [0.15, 0.2) is 0 Å². The predicted octanol–water partition coefficient (Wildman–Crippen LogP) is 1.43. The first-order chi connectivity index (χ1) is 12.4. The van der Waals surface area contributed by atoms with Crippen LogP contribution in [0.5, 0.6) is 0 Å². The Morgan fingerprint density at radius 3 is 2.31 bits per heavy atom. The van der Waals surface area contributed by atoms with Crippen molar-refractivity contribution in [1.82, 2.24) is 19.1 Å². The number of piperazine rings is 1. The Kier molecular flexibility index (Phi) is 6.13. The first-order valence-corrected chi connectivity index (χ1v) is 10.6. The lowest BCUT2D eigenvalue weighted by molar-refractivity contribution is 0.109. The molecule has 1 N–H and O–H groups in total. The summed E-state index contributed by atoms with van der Waals surface area (Å²) in [5.41, 5.74) is 1.94. The second-order valence-corrected chi connectivity index (χ2v) is 8.80. The van der Waals surface area contributed by atoms with Crippen molar-refractivity contribution in [3.63, 3.8) is 0 Å². The first kappa shape index (κ1) is 19.1. The molecule has 0 saturated carbocycles. The van der Waals surface area contributed by atoms with Crippen LogP contribution in [0.25, 0.3) is 0 Å². The maximum absolute atomic E-state index is 12.5. The van der Waals surface area contributed by atoms with Crippen molar-refractivity contribution in [2.24, 2.45) is 7.05 Å². The number of hydrogen-bond donors (Lipinski definition) is 1. The molecule has 0 amide bonds. The summed E-state index contributed by atoms with van der Waals surface area (Å²) in [4.78, 5) is 4.68. The minimum absolute atomic E-state index is 0.0104. The van der Waals surface area contributed by atoms with Gasteiger partial charge in [-0.05, 0) is 24.7 Å². The van der Waals surface area contributed by atoms with Gasteiger partial charge in [-0.2, -0.15) is 0 Å². The van der Waals surface area contributed by atoms with E-state index in [1.54, 1.807) is 0 Å². The molecule has 142 valence electrons. The molecular formula is C19H28N4O2S. The maximum atomic E-state index is 12.5. The topological polar surface area (TPSA) is 57.6 Å². The van der Waals surface area contributed by atoms with E-state index >= 15 is 0 Å².